The first-order chi connectivity index (χ1) is 62.5. The van der Waals surface area contributed by atoms with Crippen molar-refractivity contribution in [2.24, 2.45) is 0 Å². The molecule has 0 unspecified atom stereocenters. The molecule has 2 spiro atoms. The van der Waals surface area contributed by atoms with Gasteiger partial charge in [-0.3, -0.25) is 0 Å². The summed E-state index contributed by atoms with van der Waals surface area (Å²) >= 11 is 1.87. The molecule has 5 heteroatoms. The van der Waals surface area contributed by atoms with Crippen LogP contribution in [0.5, 0.6) is 0 Å². The monoisotopic (exact) mass is 1640 g/mol. The van der Waals surface area contributed by atoms with Crippen molar-refractivity contribution in [1.29, 1.82) is 0 Å². The zero-order valence-corrected chi connectivity index (χ0v) is 71.6. The van der Waals surface area contributed by atoms with Crippen LogP contribution >= 0.6 is 11.3 Å². The van der Waals surface area contributed by atoms with E-state index in [1.54, 1.807) is 0 Å². The van der Waals surface area contributed by atoms with Gasteiger partial charge in [0.2, 0.25) is 0 Å². The molecule has 598 valence electrons. The van der Waals surface area contributed by atoms with Crippen LogP contribution in [0.4, 0.5) is 68.2 Å². The molecule has 0 atom stereocenters. The van der Waals surface area contributed by atoms with Crippen LogP contribution in [-0.2, 0) is 21.7 Å². The smallest absolute Gasteiger partial charge is 0.0755 e. The second-order valence-electron chi connectivity index (χ2n) is 36.1. The fraction of sp³-hybridized carbons (Fsp3) is 0.0656. The number of para-hydroxylation sites is 6. The van der Waals surface area contributed by atoms with Crippen molar-refractivity contribution in [3.05, 3.63) is 504 Å². The zero-order chi connectivity index (χ0) is 84.2. The van der Waals surface area contributed by atoms with Gasteiger partial charge in [0.25, 0.3) is 0 Å². The topological polar surface area (TPSA) is 13.0 Å². The lowest BCUT2D eigenvalue weighted by atomic mass is 9.64. The second-order valence-corrected chi connectivity index (χ2v) is 37.2. The molecule has 19 aromatic carbocycles. The van der Waals surface area contributed by atoms with Crippen molar-refractivity contribution in [3.63, 3.8) is 0 Å². The Labute approximate surface area is 744 Å². The van der Waals surface area contributed by atoms with E-state index in [2.05, 4.69) is 484 Å². The molecule has 0 saturated carbocycles. The molecule has 127 heavy (non-hydrogen) atoms. The van der Waals surface area contributed by atoms with Crippen molar-refractivity contribution in [2.45, 2.75) is 49.4 Å². The molecule has 4 nitrogen and oxygen atoms in total. The molecule has 4 aliphatic carbocycles. The van der Waals surface area contributed by atoms with E-state index in [1.807, 2.05) is 11.3 Å². The van der Waals surface area contributed by atoms with E-state index in [4.69, 9.17) is 0 Å². The third-order valence-corrected chi connectivity index (χ3v) is 30.2. The van der Waals surface area contributed by atoms with Gasteiger partial charge in [-0.05, 0) is 278 Å². The van der Waals surface area contributed by atoms with E-state index in [1.165, 1.54) is 176 Å². The molecule has 0 fully saturated rings. The summed E-state index contributed by atoms with van der Waals surface area (Å²) in [7, 11) is 0. The number of benzene rings is 19. The summed E-state index contributed by atoms with van der Waals surface area (Å²) in [5.74, 6) is 0. The lowest BCUT2D eigenvalue weighted by molar-refractivity contribution is 0.660. The molecule has 0 radical (unpaired) electrons. The van der Waals surface area contributed by atoms with Crippen LogP contribution in [0.15, 0.2) is 437 Å². The van der Waals surface area contributed by atoms with Crippen LogP contribution < -0.4 is 19.6 Å². The van der Waals surface area contributed by atoms with Gasteiger partial charge in [-0.25, -0.2) is 0 Å². The van der Waals surface area contributed by atoms with Gasteiger partial charge in [-0.2, -0.15) is 0 Å². The summed E-state index contributed by atoms with van der Waals surface area (Å²) in [6, 6.07) is 165. The molecule has 0 saturated heterocycles. The van der Waals surface area contributed by atoms with Gasteiger partial charge in [-0.1, -0.05) is 331 Å². The Bertz CT molecular complexity index is 7880. The standard InChI is InChI=1S/C122H84N4S/c1-119(2)101-38-15-11-32-91(101)94-67-62-86(73-108(94)119)123(88-63-68-95-92-33-12-16-39-102(92)121(110(95)75-88)104-41-18-22-45-112(104)125(82-28-7-5-8-29-82)113-46-23-19-42-105(113)121)84-60-58-80(59-61-84)78-52-50-77(51-53-78)79-54-56-81(57-55-79)90-36-27-37-99-97-70-65-87(74-109(97)120(3,4)118(90)99)124(85-66-71-117-100(72-85)98-35-14-26-49-116(98)127-117)89-64-69-96-93-34-13-17-40-103(93)122(111(96)76-89)106-43-20-24-47-114(106)126(83-30-9-6-10-31-83)115-48-25-21-44-107(115)122/h5-76H,1-4H3. The highest BCUT2D eigenvalue weighted by Crippen LogP contribution is 2.67. The summed E-state index contributed by atoms with van der Waals surface area (Å²) in [4.78, 5) is 9.98. The number of nitrogens with zero attached hydrogens (tertiary/aromatic N) is 4. The molecule has 26 rings (SSSR count). The Kier molecular flexibility index (Phi) is 15.9. The predicted octanol–water partition coefficient (Wildman–Crippen LogP) is 32.9. The van der Waals surface area contributed by atoms with Crippen molar-refractivity contribution in [1.82, 2.24) is 0 Å². The number of hydrogen-bond acceptors (Lipinski definition) is 5. The fourth-order valence-corrected chi connectivity index (χ4v) is 24.6. The first kappa shape index (κ1) is 73.2. The molecule has 0 amide bonds. The maximum absolute atomic E-state index is 2.54. The minimum absolute atomic E-state index is 0.198. The van der Waals surface area contributed by atoms with E-state index in [0.29, 0.717) is 0 Å². The summed E-state index contributed by atoms with van der Waals surface area (Å²) in [6.07, 6.45) is 0. The Morgan fingerprint density at radius 1 is 0.197 bits per heavy atom. The minimum Gasteiger partial charge on any atom is -0.310 e. The van der Waals surface area contributed by atoms with Crippen molar-refractivity contribution in [2.75, 3.05) is 19.6 Å². The SMILES string of the molecule is CC1(C)c2ccccc2-c2ccc(N(c3ccc(-c4ccc(-c5ccc(-c6cccc7c6C(C)(C)c6cc(N(c8ccc9c(c8)C8(c%10ccccc%10-9)c9ccccc9N(c9ccccc9)c9ccccc98)c8ccc9sc%10ccccc%10c9c8)ccc6-7)cc5)cc4)cc3)c3ccc4c(c3)C3(c5ccccc5-4)c4ccccc4N(c4ccccc4)c4ccccc43)cc21. The lowest BCUT2D eigenvalue weighted by Gasteiger charge is -2.45. The van der Waals surface area contributed by atoms with Crippen LogP contribution in [0.2, 0.25) is 0 Å². The highest BCUT2D eigenvalue weighted by molar-refractivity contribution is 7.25. The third-order valence-electron chi connectivity index (χ3n) is 29.0. The van der Waals surface area contributed by atoms with Crippen molar-refractivity contribution < 1.29 is 0 Å². The number of thiophene rings is 1. The van der Waals surface area contributed by atoms with Crippen LogP contribution in [0.3, 0.4) is 0 Å². The Morgan fingerprint density at radius 2 is 0.504 bits per heavy atom. The molecular weight excluding hydrogens is 1550 g/mol. The third kappa shape index (κ3) is 10.4. The molecule has 3 heterocycles. The number of anilines is 12. The quantitative estimate of drug-likeness (QED) is 0.128. The van der Waals surface area contributed by atoms with Gasteiger partial charge in [-0.15, -0.1) is 11.3 Å². The van der Waals surface area contributed by atoms with Gasteiger partial charge in [0.15, 0.2) is 0 Å². The average molecular weight is 1640 g/mol. The highest BCUT2D eigenvalue weighted by atomic mass is 32.1. The van der Waals surface area contributed by atoms with E-state index in [9.17, 15) is 0 Å². The van der Waals surface area contributed by atoms with Crippen LogP contribution in [0, 0.1) is 0 Å². The lowest BCUT2D eigenvalue weighted by Crippen LogP contribution is -2.36. The summed E-state index contributed by atoms with van der Waals surface area (Å²) < 4.78 is 2.57. The van der Waals surface area contributed by atoms with Crippen molar-refractivity contribution in [3.8, 4) is 77.9 Å². The van der Waals surface area contributed by atoms with Crippen LogP contribution in [-0.4, -0.2) is 0 Å². The molecule has 20 aromatic rings. The predicted molar refractivity (Wildman–Crippen MR) is 531 cm³/mol. The first-order valence-electron chi connectivity index (χ1n) is 44.4. The molecular formula is C122H84N4S. The highest BCUT2D eigenvalue weighted by Gasteiger charge is 2.54. The van der Waals surface area contributed by atoms with Gasteiger partial charge in [0.05, 0.1) is 33.6 Å². The summed E-state index contributed by atoms with van der Waals surface area (Å²) in [5, 5.41) is 2.55. The summed E-state index contributed by atoms with van der Waals surface area (Å²) in [5.41, 5.74) is 44.8. The molecule has 1 aromatic heterocycles. The van der Waals surface area contributed by atoms with E-state index >= 15 is 0 Å². The maximum atomic E-state index is 2.54. The summed E-state index contributed by atoms with van der Waals surface area (Å²) in [6.45, 7) is 9.65. The van der Waals surface area contributed by atoms with Gasteiger partial charge >= 0.3 is 0 Å². The minimum atomic E-state index is -0.628. The Hall–Kier alpha value is -15.4. The Balaban J connectivity index is 0.536. The molecule has 6 aliphatic rings. The largest absolute Gasteiger partial charge is 0.310 e. The molecule has 0 N–H and O–H groups in total. The number of rotatable bonds is 11. The van der Waals surface area contributed by atoms with E-state index in [-0.39, 0.29) is 10.8 Å². The fourth-order valence-electron chi connectivity index (χ4n) is 23.5. The van der Waals surface area contributed by atoms with Crippen LogP contribution in [0.25, 0.3) is 98.1 Å². The number of fused-ring (bicyclic) bond motifs is 27. The van der Waals surface area contributed by atoms with Gasteiger partial charge in [0, 0.05) is 76.5 Å². The second kappa shape index (κ2) is 27.5. The zero-order valence-electron chi connectivity index (χ0n) is 70.8. The molecule has 0 bridgehead atoms. The van der Waals surface area contributed by atoms with Gasteiger partial charge < -0.3 is 19.6 Å². The van der Waals surface area contributed by atoms with Gasteiger partial charge in [0.1, 0.15) is 0 Å². The maximum Gasteiger partial charge on any atom is 0.0755 e. The molecule has 2 aliphatic heterocycles. The van der Waals surface area contributed by atoms with Crippen molar-refractivity contribution >= 4 is 99.8 Å². The number of hydrogen-bond donors (Lipinski definition) is 0. The average Bonchev–Trinajstić information content (AvgIpc) is 1.54. The van der Waals surface area contributed by atoms with E-state index in [0.717, 1.165) is 56.6 Å². The normalized spacial score (nSPS) is 14.5. The van der Waals surface area contributed by atoms with Crippen LogP contribution in [0.1, 0.15) is 94.5 Å². The Morgan fingerprint density at radius 3 is 0.984 bits per heavy atom. The van der Waals surface area contributed by atoms with E-state index < -0.39 is 10.8 Å². The first-order valence-corrected chi connectivity index (χ1v) is 45.2.